The van der Waals surface area contributed by atoms with Crippen LogP contribution in [0.25, 0.3) is 0 Å². The Balaban J connectivity index is 0.000000408. The summed E-state index contributed by atoms with van der Waals surface area (Å²) in [5.74, 6) is 12.6. The van der Waals surface area contributed by atoms with Crippen molar-refractivity contribution in [3.8, 4) is 0 Å². The van der Waals surface area contributed by atoms with Crippen molar-refractivity contribution in [1.82, 2.24) is 40.6 Å². The van der Waals surface area contributed by atoms with Crippen molar-refractivity contribution in [2.75, 3.05) is 0 Å². The van der Waals surface area contributed by atoms with Gasteiger partial charge in [-0.1, -0.05) is 201 Å². The van der Waals surface area contributed by atoms with E-state index in [0.29, 0.717) is 59.2 Å². The predicted molar refractivity (Wildman–Crippen MR) is 273 cm³/mol. The maximum absolute atomic E-state index is 5.50. The fourth-order valence-corrected chi connectivity index (χ4v) is 4.92. The van der Waals surface area contributed by atoms with E-state index in [9.17, 15) is 0 Å². The van der Waals surface area contributed by atoms with Gasteiger partial charge in [0.15, 0.2) is 23.4 Å². The first kappa shape index (κ1) is 61.1. The van der Waals surface area contributed by atoms with E-state index in [0.717, 1.165) is 69.6 Å². The second kappa shape index (κ2) is 27.9. The lowest BCUT2D eigenvalue weighted by Crippen LogP contribution is -2.13. The summed E-state index contributed by atoms with van der Waals surface area (Å²) in [7, 11) is 0. The van der Waals surface area contributed by atoms with Crippen molar-refractivity contribution < 1.29 is 26.9 Å². The average molecular weight is 949 g/mol. The Bertz CT molecular complexity index is 1880. The molecular formula is C54H92N8O6. The minimum Gasteiger partial charge on any atom is -0.445 e. The van der Waals surface area contributed by atoms with E-state index in [4.69, 9.17) is 26.9 Å². The zero-order valence-corrected chi connectivity index (χ0v) is 47.1. The summed E-state index contributed by atoms with van der Waals surface area (Å²) in [6.07, 6.45) is 3.64. The van der Waals surface area contributed by atoms with Crippen LogP contribution in [0.3, 0.4) is 0 Å². The highest BCUT2D eigenvalue weighted by Crippen LogP contribution is 2.26. The third-order valence-electron chi connectivity index (χ3n) is 9.86. The lowest BCUT2D eigenvalue weighted by Gasteiger charge is -2.12. The van der Waals surface area contributed by atoms with Crippen LogP contribution in [-0.2, 0) is 10.8 Å². The third-order valence-corrected chi connectivity index (χ3v) is 9.86. The highest BCUT2D eigenvalue weighted by atomic mass is 16.5. The Hall–Kier alpha value is -4.88. The van der Waals surface area contributed by atoms with Crippen molar-refractivity contribution in [2.24, 2.45) is 0 Å². The number of rotatable bonds is 10. The van der Waals surface area contributed by atoms with Gasteiger partial charge in [-0.2, -0.15) is 9.97 Å². The van der Waals surface area contributed by atoms with Crippen LogP contribution in [-0.4, -0.2) is 40.6 Å². The monoisotopic (exact) mass is 949 g/mol. The molecule has 0 radical (unpaired) electrons. The van der Waals surface area contributed by atoms with E-state index < -0.39 is 0 Å². The molecule has 0 fully saturated rings. The molecule has 0 amide bonds. The topological polar surface area (TPSA) is 182 Å². The molecule has 0 aliphatic heterocycles. The van der Waals surface area contributed by atoms with E-state index in [1.165, 1.54) is 0 Å². The van der Waals surface area contributed by atoms with E-state index in [1.807, 2.05) is 52.2 Å². The molecule has 0 saturated heterocycles. The Morgan fingerprint density at radius 2 is 0.750 bits per heavy atom. The molecule has 0 unspecified atom stereocenters. The fourth-order valence-electron chi connectivity index (χ4n) is 4.92. The Kier molecular flexibility index (Phi) is 25.1. The summed E-state index contributed by atoms with van der Waals surface area (Å²) in [6.45, 7) is 54.2. The number of hydrogen-bond donors (Lipinski definition) is 0. The van der Waals surface area contributed by atoms with Gasteiger partial charge in [-0.15, -0.1) is 0 Å². The molecule has 14 heteroatoms. The molecule has 68 heavy (non-hydrogen) atoms. The first-order valence-corrected chi connectivity index (χ1v) is 24.8. The van der Waals surface area contributed by atoms with Crippen LogP contribution in [0.4, 0.5) is 0 Å². The number of nitrogens with zero attached hydrogens (tertiary/aromatic N) is 8. The van der Waals surface area contributed by atoms with E-state index in [2.05, 4.69) is 193 Å². The Morgan fingerprint density at radius 3 is 0.971 bits per heavy atom. The molecule has 0 aliphatic rings. The lowest BCUT2D eigenvalue weighted by molar-refractivity contribution is 0.352. The molecule has 0 spiro atoms. The molecule has 6 rings (SSSR count). The largest absolute Gasteiger partial charge is 0.445 e. The Labute approximate surface area is 410 Å². The number of oxazole rings is 2. The number of aromatic nitrogens is 8. The van der Waals surface area contributed by atoms with Gasteiger partial charge in [-0.3, -0.25) is 0 Å². The summed E-state index contributed by atoms with van der Waals surface area (Å²) in [4.78, 5) is 16.9. The van der Waals surface area contributed by atoms with E-state index in [-0.39, 0.29) is 10.8 Å². The summed E-state index contributed by atoms with van der Waals surface area (Å²) in [5, 5.41) is 15.8. The van der Waals surface area contributed by atoms with Gasteiger partial charge >= 0.3 is 0 Å². The third kappa shape index (κ3) is 21.6. The van der Waals surface area contributed by atoms with E-state index >= 15 is 0 Å². The first-order chi connectivity index (χ1) is 31.3. The first-order valence-electron chi connectivity index (χ1n) is 24.8. The molecule has 0 saturated carbocycles. The van der Waals surface area contributed by atoms with Gasteiger partial charge in [0.05, 0.1) is 23.8 Å². The van der Waals surface area contributed by atoms with Crippen molar-refractivity contribution in [2.45, 2.75) is 250 Å². The SMILES string of the molecule is CC(C)c1cc(C(C)(C)C)no1.CC(C)c1cc(C(C)C)on1.CC(C)c1cnc(C(C)C)o1.CC(C)c1cnc(C(C)C)o1.CC(C)c1nc(C(C)(C)C)no1.CC(C)c1noc(C(C)C)n1. The van der Waals surface area contributed by atoms with Gasteiger partial charge < -0.3 is 26.9 Å². The van der Waals surface area contributed by atoms with Crippen molar-refractivity contribution >= 4 is 0 Å². The molecule has 6 aromatic heterocycles. The van der Waals surface area contributed by atoms with Crippen LogP contribution in [0.15, 0.2) is 51.5 Å². The van der Waals surface area contributed by atoms with Crippen molar-refractivity contribution in [1.29, 1.82) is 0 Å². The molecule has 6 aromatic rings. The summed E-state index contributed by atoms with van der Waals surface area (Å²) < 4.78 is 31.4. The highest BCUT2D eigenvalue weighted by Gasteiger charge is 2.22. The fraction of sp³-hybridized carbons (Fsp3) is 0.704. The quantitative estimate of drug-likeness (QED) is 0.126. The molecule has 6 heterocycles. The Morgan fingerprint density at radius 1 is 0.353 bits per heavy atom. The van der Waals surface area contributed by atoms with Gasteiger partial charge in [0.2, 0.25) is 11.8 Å². The standard InChI is InChI=1S/C10H17NO.C9H16N2O.3C9H15NO.C8H14N2O/c1-7(2)8-6-9(11-12-8)10(3,4)5;1-6(2)7-10-8(11-12-7)9(3,4)5;2*1-6(2)8-5-10-9(11-8)7(3)4;1-6(2)8-5-9(7(3)4)11-10-8;1-5(2)7-9-8(6(3)4)11-10-7/h6-7H,1-5H3;6H,1-5H3;3*5-7H,1-4H3;5-6H,1-4H3. The smallest absolute Gasteiger partial charge is 0.229 e. The summed E-state index contributed by atoms with van der Waals surface area (Å²) in [6, 6.07) is 4.08. The van der Waals surface area contributed by atoms with Gasteiger partial charge in [0, 0.05) is 76.2 Å². The molecule has 0 aliphatic carbocycles. The van der Waals surface area contributed by atoms with Crippen LogP contribution >= 0.6 is 0 Å². The van der Waals surface area contributed by atoms with E-state index in [1.54, 1.807) is 0 Å². The van der Waals surface area contributed by atoms with Gasteiger partial charge in [-0.25, -0.2) is 9.97 Å². The summed E-state index contributed by atoms with van der Waals surface area (Å²) >= 11 is 0. The van der Waals surface area contributed by atoms with Crippen molar-refractivity contribution in [3.63, 3.8) is 0 Å². The minimum absolute atomic E-state index is 0.0172. The van der Waals surface area contributed by atoms with Crippen LogP contribution in [0.2, 0.25) is 0 Å². The molecular weight excluding hydrogens is 857 g/mol. The second-order valence-corrected chi connectivity index (χ2v) is 22.5. The molecule has 0 bridgehead atoms. The van der Waals surface area contributed by atoms with Gasteiger partial charge in [0.1, 0.15) is 23.0 Å². The predicted octanol–water partition coefficient (Wildman–Crippen LogP) is 16.7. The minimum atomic E-state index is -0.0172. The van der Waals surface area contributed by atoms with Crippen LogP contribution in [0, 0.1) is 0 Å². The van der Waals surface area contributed by atoms with Crippen LogP contribution in [0.1, 0.15) is 309 Å². The van der Waals surface area contributed by atoms with Crippen molar-refractivity contribution in [3.05, 3.63) is 94.2 Å². The number of hydrogen-bond acceptors (Lipinski definition) is 14. The molecule has 0 N–H and O–H groups in total. The van der Waals surface area contributed by atoms with Gasteiger partial charge in [-0.05, 0) is 5.92 Å². The van der Waals surface area contributed by atoms with Crippen LogP contribution < -0.4 is 0 Å². The maximum atomic E-state index is 5.50. The maximum Gasteiger partial charge on any atom is 0.229 e. The van der Waals surface area contributed by atoms with Gasteiger partial charge in [0.25, 0.3) is 0 Å². The summed E-state index contributed by atoms with van der Waals surface area (Å²) in [5.41, 5.74) is 2.16. The molecule has 0 atom stereocenters. The van der Waals surface area contributed by atoms with Crippen LogP contribution in [0.5, 0.6) is 0 Å². The normalized spacial score (nSPS) is 11.8. The average Bonchev–Trinajstić information content (AvgIpc) is 4.08. The lowest BCUT2D eigenvalue weighted by atomic mass is 9.92. The zero-order chi connectivity index (χ0) is 52.4. The molecule has 384 valence electrons. The molecule has 14 nitrogen and oxygen atoms in total. The highest BCUT2D eigenvalue weighted by molar-refractivity contribution is 5.16. The second-order valence-electron chi connectivity index (χ2n) is 22.5. The zero-order valence-electron chi connectivity index (χ0n) is 47.1. The molecule has 0 aromatic carbocycles.